The van der Waals surface area contributed by atoms with Crippen LogP contribution < -0.4 is 10.2 Å². The van der Waals surface area contributed by atoms with Gasteiger partial charge in [-0.15, -0.1) is 6.42 Å². The minimum atomic E-state index is -4.56. The molecule has 2 bridgehead atoms. The molecule has 6 atom stereocenters. The lowest BCUT2D eigenvalue weighted by molar-refractivity contribution is -0.141. The van der Waals surface area contributed by atoms with E-state index < -0.39 is 36.1 Å². The van der Waals surface area contributed by atoms with Crippen LogP contribution in [0.4, 0.5) is 19.1 Å². The zero-order valence-electron chi connectivity index (χ0n) is 14.8. The quantitative estimate of drug-likeness (QED) is 0.722. The van der Waals surface area contributed by atoms with Gasteiger partial charge in [-0.25, -0.2) is 9.97 Å². The Morgan fingerprint density at radius 3 is 2.89 bits per heavy atom. The fourth-order valence-electron chi connectivity index (χ4n) is 4.54. The summed E-state index contributed by atoms with van der Waals surface area (Å²) in [5.74, 6) is 1.18. The van der Waals surface area contributed by atoms with Gasteiger partial charge in [-0.1, -0.05) is 5.92 Å². The van der Waals surface area contributed by atoms with Gasteiger partial charge in [0.05, 0.1) is 30.8 Å². The lowest BCUT2D eigenvalue weighted by Crippen LogP contribution is -2.47. The molecule has 0 aromatic carbocycles. The Bertz CT molecular complexity index is 812. The van der Waals surface area contributed by atoms with E-state index in [-0.39, 0.29) is 30.2 Å². The first-order valence-corrected chi connectivity index (χ1v) is 8.99. The van der Waals surface area contributed by atoms with Crippen LogP contribution in [-0.2, 0) is 15.7 Å². The number of aromatic nitrogens is 2. The van der Waals surface area contributed by atoms with Crippen molar-refractivity contribution < 1.29 is 27.8 Å². The molecule has 0 spiro atoms. The van der Waals surface area contributed by atoms with E-state index in [1.54, 1.807) is 4.90 Å². The van der Waals surface area contributed by atoms with Gasteiger partial charge in [-0.2, -0.15) is 13.2 Å². The molecular formula is C18H19F3N4O3. The highest BCUT2D eigenvalue weighted by Gasteiger charge is 2.58. The minimum absolute atomic E-state index is 0.0411. The Morgan fingerprint density at radius 1 is 1.43 bits per heavy atom. The van der Waals surface area contributed by atoms with Gasteiger partial charge in [0.25, 0.3) is 0 Å². The van der Waals surface area contributed by atoms with E-state index in [1.807, 2.05) is 0 Å². The topological polar surface area (TPSA) is 87.6 Å². The SMILES string of the molecule is C#CCNC(=O)C1C[C@@H]2O[C@H]1[C@H]1CN(c3nccc(C(F)(F)F)n3)C[C@H]1[C@@H]2O. The van der Waals surface area contributed by atoms with Crippen molar-refractivity contribution in [1.82, 2.24) is 15.3 Å². The summed E-state index contributed by atoms with van der Waals surface area (Å²) in [4.78, 5) is 21.6. The van der Waals surface area contributed by atoms with Crippen LogP contribution in [0.15, 0.2) is 12.3 Å². The number of nitrogens with one attached hydrogen (secondary N) is 1. The number of nitrogens with zero attached hydrogens (tertiary/aromatic N) is 3. The Morgan fingerprint density at radius 2 is 2.18 bits per heavy atom. The van der Waals surface area contributed by atoms with Crippen LogP contribution in [0.2, 0.25) is 0 Å². The van der Waals surface area contributed by atoms with E-state index in [9.17, 15) is 23.1 Å². The number of aliphatic hydroxyl groups excluding tert-OH is 1. The van der Waals surface area contributed by atoms with Crippen molar-refractivity contribution >= 4 is 11.9 Å². The lowest BCUT2D eigenvalue weighted by atomic mass is 9.83. The molecule has 150 valence electrons. The highest BCUT2D eigenvalue weighted by atomic mass is 19.4. The molecule has 0 aliphatic carbocycles. The van der Waals surface area contributed by atoms with E-state index in [0.717, 1.165) is 12.3 Å². The summed E-state index contributed by atoms with van der Waals surface area (Å²) in [6.45, 7) is 0.717. The molecule has 1 amide bonds. The van der Waals surface area contributed by atoms with E-state index >= 15 is 0 Å². The van der Waals surface area contributed by atoms with E-state index in [4.69, 9.17) is 11.2 Å². The number of hydrogen-bond donors (Lipinski definition) is 2. The molecule has 1 unspecified atom stereocenters. The number of aliphatic hydroxyl groups is 1. The molecule has 3 aliphatic heterocycles. The number of alkyl halides is 3. The summed E-state index contributed by atoms with van der Waals surface area (Å²) in [6, 6.07) is 0.818. The van der Waals surface area contributed by atoms with E-state index in [1.165, 1.54) is 0 Å². The average Bonchev–Trinajstić information content (AvgIpc) is 3.27. The zero-order valence-corrected chi connectivity index (χ0v) is 14.8. The van der Waals surface area contributed by atoms with Gasteiger partial charge < -0.3 is 20.1 Å². The van der Waals surface area contributed by atoms with Crippen LogP contribution in [-0.4, -0.2) is 58.9 Å². The van der Waals surface area contributed by atoms with Crippen LogP contribution in [0.5, 0.6) is 0 Å². The molecule has 3 aliphatic rings. The van der Waals surface area contributed by atoms with Crippen LogP contribution in [0.1, 0.15) is 12.1 Å². The maximum Gasteiger partial charge on any atom is 0.433 e. The van der Waals surface area contributed by atoms with Gasteiger partial charge in [0.2, 0.25) is 11.9 Å². The molecule has 0 radical (unpaired) electrons. The van der Waals surface area contributed by atoms with Crippen molar-refractivity contribution in [1.29, 1.82) is 0 Å². The number of ether oxygens (including phenoxy) is 1. The monoisotopic (exact) mass is 396 g/mol. The van der Waals surface area contributed by atoms with Gasteiger partial charge >= 0.3 is 6.18 Å². The Labute approximate surface area is 159 Å². The third-order valence-electron chi connectivity index (χ3n) is 5.79. The third kappa shape index (κ3) is 3.18. The molecule has 4 heterocycles. The van der Waals surface area contributed by atoms with Gasteiger partial charge in [0, 0.05) is 31.1 Å². The molecule has 0 saturated carbocycles. The highest BCUT2D eigenvalue weighted by molar-refractivity contribution is 5.80. The number of hydrogen-bond acceptors (Lipinski definition) is 6. The number of carbonyl (C=O) groups is 1. The smallest absolute Gasteiger partial charge is 0.390 e. The summed E-state index contributed by atoms with van der Waals surface area (Å²) in [6.07, 6.45) is 0.381. The Hall–Kier alpha value is -2.38. The van der Waals surface area contributed by atoms with Crippen molar-refractivity contribution in [2.24, 2.45) is 17.8 Å². The molecule has 1 aromatic rings. The van der Waals surface area contributed by atoms with E-state index in [0.29, 0.717) is 19.5 Å². The van der Waals surface area contributed by atoms with Crippen molar-refractivity contribution in [2.75, 3.05) is 24.5 Å². The average molecular weight is 396 g/mol. The van der Waals surface area contributed by atoms with Gasteiger partial charge in [0.15, 0.2) is 0 Å². The number of amides is 1. The number of terminal acetylenes is 1. The summed E-state index contributed by atoms with van der Waals surface area (Å²) in [7, 11) is 0. The Balaban J connectivity index is 1.55. The number of rotatable bonds is 3. The number of fused-ring (bicyclic) bond motifs is 4. The molecule has 7 nitrogen and oxygen atoms in total. The molecule has 3 saturated heterocycles. The maximum absolute atomic E-state index is 12.9. The number of carbonyl (C=O) groups excluding carboxylic acids is 1. The fraction of sp³-hybridized carbons (Fsp3) is 0.611. The molecule has 28 heavy (non-hydrogen) atoms. The molecule has 10 heteroatoms. The first-order valence-electron chi connectivity index (χ1n) is 8.99. The highest BCUT2D eigenvalue weighted by Crippen LogP contribution is 2.47. The normalized spacial score (nSPS) is 34.0. The molecular weight excluding hydrogens is 377 g/mol. The molecule has 3 fully saturated rings. The van der Waals surface area contributed by atoms with Crippen LogP contribution in [0, 0.1) is 30.1 Å². The predicted molar refractivity (Wildman–Crippen MR) is 90.8 cm³/mol. The predicted octanol–water partition coefficient (Wildman–Crippen LogP) is 0.445. The summed E-state index contributed by atoms with van der Waals surface area (Å²) in [5.41, 5.74) is -1.02. The van der Waals surface area contributed by atoms with Gasteiger partial charge in [0.1, 0.15) is 5.69 Å². The first-order chi connectivity index (χ1) is 13.3. The maximum atomic E-state index is 12.9. The Kier molecular flexibility index (Phi) is 4.67. The van der Waals surface area contributed by atoms with Crippen molar-refractivity contribution in [2.45, 2.75) is 30.9 Å². The lowest BCUT2D eigenvalue weighted by Gasteiger charge is -2.36. The zero-order chi connectivity index (χ0) is 20.1. The fourth-order valence-corrected chi connectivity index (χ4v) is 4.54. The first kappa shape index (κ1) is 19.0. The summed E-state index contributed by atoms with van der Waals surface area (Å²) in [5, 5.41) is 13.3. The van der Waals surface area contributed by atoms with Crippen LogP contribution in [0.3, 0.4) is 0 Å². The summed E-state index contributed by atoms with van der Waals surface area (Å²) < 4.78 is 44.7. The largest absolute Gasteiger partial charge is 0.433 e. The van der Waals surface area contributed by atoms with Gasteiger partial charge in [-0.05, 0) is 12.5 Å². The second-order valence-corrected chi connectivity index (χ2v) is 7.37. The standard InChI is InChI=1S/C18H19F3N4O3/c1-2-4-22-16(27)9-6-12-14(26)10-7-25(8-11(10)15(9)28-12)17-23-5-3-13(24-17)18(19,20)21/h1,3,5,9-12,14-15,26H,4,6-8H2,(H,22,27)/t9?,10-,11+,12+,14+,15-/m1/s1. The number of anilines is 1. The molecule has 2 N–H and O–H groups in total. The van der Waals surface area contributed by atoms with Crippen LogP contribution in [0.25, 0.3) is 0 Å². The summed E-state index contributed by atoms with van der Waals surface area (Å²) >= 11 is 0. The minimum Gasteiger partial charge on any atom is -0.390 e. The van der Waals surface area contributed by atoms with Crippen molar-refractivity contribution in [3.63, 3.8) is 0 Å². The van der Waals surface area contributed by atoms with E-state index in [2.05, 4.69) is 21.2 Å². The molecule has 1 aromatic heterocycles. The third-order valence-corrected chi connectivity index (χ3v) is 5.79. The van der Waals surface area contributed by atoms with Crippen molar-refractivity contribution in [3.8, 4) is 12.3 Å². The second kappa shape index (κ2) is 6.90. The van der Waals surface area contributed by atoms with Crippen LogP contribution >= 0.6 is 0 Å². The number of halogens is 3. The molecule has 4 rings (SSSR count). The van der Waals surface area contributed by atoms with Crippen molar-refractivity contribution in [3.05, 3.63) is 18.0 Å². The van der Waals surface area contributed by atoms with Gasteiger partial charge in [-0.3, -0.25) is 4.79 Å². The second-order valence-electron chi connectivity index (χ2n) is 7.37.